The van der Waals surface area contributed by atoms with E-state index in [1.165, 1.54) is 78.2 Å². The summed E-state index contributed by atoms with van der Waals surface area (Å²) in [5.41, 5.74) is 25.6. The number of imidazole rings is 1. The van der Waals surface area contributed by atoms with E-state index in [1.807, 2.05) is 0 Å². The molecule has 11 rings (SSSR count). The Hall–Kier alpha value is -7.11. The Morgan fingerprint density at radius 1 is 0.408 bits per heavy atom. The summed E-state index contributed by atoms with van der Waals surface area (Å²) in [7, 11) is 0. The van der Waals surface area contributed by atoms with Gasteiger partial charge >= 0.3 is 0 Å². The summed E-state index contributed by atoms with van der Waals surface area (Å²) in [5, 5.41) is 0. The summed E-state index contributed by atoms with van der Waals surface area (Å²) in [6, 6.07) is 63.0. The SMILES string of the molecule is CC(C)c1cccc(C(C)C)c1-n1c(-c2ccccc2)nc2cccc(-c3cc4c5c(c3)N(c3ccc(C(C)(C)C)cc3)c3ccc(C(C)(C)C)cc3B5c3cc(C(C)(C)C)ccc3N4c3ccc(C(C)(C)C)cc3)c21. The van der Waals surface area contributed by atoms with Gasteiger partial charge in [0.25, 0.3) is 6.71 Å². The van der Waals surface area contributed by atoms with Gasteiger partial charge in [0.05, 0.1) is 16.7 Å². The number of hydrogen-bond donors (Lipinski definition) is 0. The zero-order valence-electron chi connectivity index (χ0n) is 48.1. The largest absolute Gasteiger partial charge is 0.311 e. The number of para-hydroxylation sites is 2. The summed E-state index contributed by atoms with van der Waals surface area (Å²) < 4.78 is 2.52. The normalized spacial score (nSPS) is 13.7. The second-order valence-corrected chi connectivity index (χ2v) is 26.6. The highest BCUT2D eigenvalue weighted by atomic mass is 15.2. The Labute approximate surface area is 455 Å². The van der Waals surface area contributed by atoms with Crippen molar-refractivity contribution in [3.8, 4) is 28.2 Å². The Kier molecular flexibility index (Phi) is 12.3. The minimum atomic E-state index is -0.0589. The third-order valence-electron chi connectivity index (χ3n) is 16.4. The van der Waals surface area contributed by atoms with E-state index < -0.39 is 0 Å². The second kappa shape index (κ2) is 18.3. The lowest BCUT2D eigenvalue weighted by atomic mass is 9.33. The lowest BCUT2D eigenvalue weighted by Gasteiger charge is -2.45. The lowest BCUT2D eigenvalue weighted by molar-refractivity contribution is 0.590. The van der Waals surface area contributed by atoms with E-state index in [2.05, 4.69) is 289 Å². The van der Waals surface area contributed by atoms with Crippen LogP contribution < -0.4 is 26.2 Å². The highest BCUT2D eigenvalue weighted by molar-refractivity contribution is 7.00. The first-order valence-electron chi connectivity index (χ1n) is 27.9. The van der Waals surface area contributed by atoms with Crippen molar-refractivity contribution in [2.24, 2.45) is 0 Å². The molecule has 3 heterocycles. The van der Waals surface area contributed by atoms with Crippen molar-refractivity contribution in [1.82, 2.24) is 9.55 Å². The molecule has 4 nitrogen and oxygen atoms in total. The molecule has 76 heavy (non-hydrogen) atoms. The number of nitrogens with zero attached hydrogens (tertiary/aromatic N) is 4. The predicted octanol–water partition coefficient (Wildman–Crippen LogP) is 17.9. The fraction of sp³-hybridized carbons (Fsp3) is 0.310. The standard InChI is InChI=1S/C71H77BN4/c1-44(2)54-24-20-25-55(45(3)4)65(54)76-66-56(26-21-27-59(66)73-67(76)46-22-18-17-19-23-46)47-40-62-64-63(41-47)75(53-36-30-49(31-37-53)69(8,9)10)61-39-33-51(71(14,15)16)43-58(61)72(64)57-42-50(70(11,12)13)32-38-60(57)74(62)52-34-28-48(29-35-52)68(5,6)7/h17-45H,1-16H3. The zero-order valence-corrected chi connectivity index (χ0v) is 48.1. The molecule has 384 valence electrons. The molecule has 2 aliphatic rings. The van der Waals surface area contributed by atoms with Crippen molar-refractivity contribution >= 4 is 68.3 Å². The third kappa shape index (κ3) is 8.68. The van der Waals surface area contributed by atoms with Crippen molar-refractivity contribution in [3.05, 3.63) is 197 Å². The fourth-order valence-corrected chi connectivity index (χ4v) is 12.0. The minimum Gasteiger partial charge on any atom is -0.311 e. The van der Waals surface area contributed by atoms with Crippen LogP contribution in [0.25, 0.3) is 39.2 Å². The highest BCUT2D eigenvalue weighted by Gasteiger charge is 2.45. The molecule has 5 heteroatoms. The second-order valence-electron chi connectivity index (χ2n) is 26.6. The van der Waals surface area contributed by atoms with Crippen LogP contribution in [-0.4, -0.2) is 16.3 Å². The van der Waals surface area contributed by atoms with Gasteiger partial charge in [-0.1, -0.05) is 220 Å². The predicted molar refractivity (Wildman–Crippen MR) is 329 cm³/mol. The quantitative estimate of drug-likeness (QED) is 0.149. The van der Waals surface area contributed by atoms with Crippen molar-refractivity contribution < 1.29 is 0 Å². The molecule has 0 amide bonds. The van der Waals surface area contributed by atoms with E-state index in [-0.39, 0.29) is 40.2 Å². The van der Waals surface area contributed by atoms with Crippen molar-refractivity contribution in [3.63, 3.8) is 0 Å². The zero-order chi connectivity index (χ0) is 54.0. The molecular formula is C71H77BN4. The van der Waals surface area contributed by atoms with Gasteiger partial charge in [0.1, 0.15) is 5.82 Å². The maximum atomic E-state index is 5.64. The first kappa shape index (κ1) is 51.0. The van der Waals surface area contributed by atoms with E-state index in [0.717, 1.165) is 44.9 Å². The number of aromatic nitrogens is 2. The molecular weight excluding hydrogens is 920 g/mol. The van der Waals surface area contributed by atoms with Crippen LogP contribution in [0.15, 0.2) is 164 Å². The van der Waals surface area contributed by atoms with Crippen LogP contribution in [0.5, 0.6) is 0 Å². The fourth-order valence-electron chi connectivity index (χ4n) is 12.0. The van der Waals surface area contributed by atoms with Crippen molar-refractivity contribution in [1.29, 1.82) is 0 Å². The van der Waals surface area contributed by atoms with E-state index in [1.54, 1.807) is 0 Å². The molecule has 8 aromatic carbocycles. The third-order valence-corrected chi connectivity index (χ3v) is 16.4. The number of fused-ring (bicyclic) bond motifs is 5. The molecule has 0 bridgehead atoms. The van der Waals surface area contributed by atoms with Gasteiger partial charge in [0.2, 0.25) is 0 Å². The minimum absolute atomic E-state index is 0.00545. The molecule has 0 unspecified atom stereocenters. The molecule has 9 aromatic rings. The van der Waals surface area contributed by atoms with Crippen LogP contribution in [0.2, 0.25) is 0 Å². The van der Waals surface area contributed by atoms with Crippen LogP contribution in [0.4, 0.5) is 34.1 Å². The highest BCUT2D eigenvalue weighted by Crippen LogP contribution is 2.49. The molecule has 2 aliphatic heterocycles. The number of benzene rings is 8. The molecule has 0 saturated carbocycles. The molecule has 0 saturated heterocycles. The van der Waals surface area contributed by atoms with E-state index >= 15 is 0 Å². The molecule has 0 radical (unpaired) electrons. The van der Waals surface area contributed by atoms with Gasteiger partial charge in [-0.2, -0.15) is 0 Å². The average Bonchev–Trinajstić information content (AvgIpc) is 3.78. The van der Waals surface area contributed by atoms with E-state index in [4.69, 9.17) is 4.98 Å². The molecule has 0 fully saturated rings. The van der Waals surface area contributed by atoms with Crippen LogP contribution in [-0.2, 0) is 21.7 Å². The van der Waals surface area contributed by atoms with E-state index in [9.17, 15) is 0 Å². The number of hydrogen-bond acceptors (Lipinski definition) is 3. The number of rotatable bonds is 7. The maximum absolute atomic E-state index is 5.64. The van der Waals surface area contributed by atoms with Crippen LogP contribution in [0.3, 0.4) is 0 Å². The lowest BCUT2D eigenvalue weighted by Crippen LogP contribution is -2.61. The maximum Gasteiger partial charge on any atom is 0.252 e. The molecule has 0 atom stereocenters. The van der Waals surface area contributed by atoms with Gasteiger partial charge in [0, 0.05) is 45.3 Å². The van der Waals surface area contributed by atoms with Gasteiger partial charge < -0.3 is 9.80 Å². The molecule has 0 spiro atoms. The van der Waals surface area contributed by atoms with Gasteiger partial charge in [-0.15, -0.1) is 0 Å². The summed E-state index contributed by atoms with van der Waals surface area (Å²) in [6.45, 7) is 37.2. The summed E-state index contributed by atoms with van der Waals surface area (Å²) in [4.78, 5) is 10.8. The first-order valence-corrected chi connectivity index (χ1v) is 27.9. The summed E-state index contributed by atoms with van der Waals surface area (Å²) in [5.74, 6) is 1.51. The van der Waals surface area contributed by atoms with Crippen molar-refractivity contribution in [2.75, 3.05) is 9.80 Å². The molecule has 0 aliphatic carbocycles. The van der Waals surface area contributed by atoms with Gasteiger partial charge in [-0.05, 0) is 143 Å². The van der Waals surface area contributed by atoms with Crippen LogP contribution in [0, 0.1) is 0 Å². The van der Waals surface area contributed by atoms with Crippen LogP contribution in [0.1, 0.15) is 156 Å². The van der Waals surface area contributed by atoms with Gasteiger partial charge in [-0.25, -0.2) is 4.98 Å². The first-order chi connectivity index (χ1) is 35.9. The summed E-state index contributed by atoms with van der Waals surface area (Å²) >= 11 is 0. The Morgan fingerprint density at radius 3 is 1.28 bits per heavy atom. The Bertz CT molecular complexity index is 3500. The molecule has 0 N–H and O–H groups in total. The van der Waals surface area contributed by atoms with Gasteiger partial charge in [-0.3, -0.25) is 4.57 Å². The van der Waals surface area contributed by atoms with Gasteiger partial charge in [0.15, 0.2) is 0 Å². The van der Waals surface area contributed by atoms with Crippen LogP contribution >= 0.6 is 0 Å². The number of anilines is 6. The smallest absolute Gasteiger partial charge is 0.252 e. The molecule has 1 aromatic heterocycles. The Morgan fingerprint density at radius 2 is 0.842 bits per heavy atom. The Balaban J connectivity index is 1.31. The van der Waals surface area contributed by atoms with Crippen molar-refractivity contribution in [2.45, 2.75) is 144 Å². The summed E-state index contributed by atoms with van der Waals surface area (Å²) in [6.07, 6.45) is 0. The van der Waals surface area contributed by atoms with E-state index in [0.29, 0.717) is 0 Å². The monoisotopic (exact) mass is 997 g/mol. The topological polar surface area (TPSA) is 24.3 Å². The average molecular weight is 997 g/mol.